The summed E-state index contributed by atoms with van der Waals surface area (Å²) in [7, 11) is 1.90. The molecule has 0 saturated carbocycles. The first kappa shape index (κ1) is 19.5. The number of carbonyl (C=O) groups excluding carboxylic acids is 2. The molecule has 1 heterocycles. The van der Waals surface area contributed by atoms with Crippen molar-refractivity contribution in [1.82, 2.24) is 4.90 Å². The first-order valence-corrected chi connectivity index (χ1v) is 10.5. The summed E-state index contributed by atoms with van der Waals surface area (Å²) in [6.07, 6.45) is 4.65. The van der Waals surface area contributed by atoms with Crippen LogP contribution in [0.5, 0.6) is 0 Å². The van der Waals surface area contributed by atoms with Gasteiger partial charge in [0.25, 0.3) is 0 Å². The van der Waals surface area contributed by atoms with E-state index < -0.39 is 0 Å². The van der Waals surface area contributed by atoms with Crippen molar-refractivity contribution in [2.45, 2.75) is 24.3 Å². The van der Waals surface area contributed by atoms with Gasteiger partial charge in [-0.2, -0.15) is 0 Å². The Kier molecular flexibility index (Phi) is 6.56. The van der Waals surface area contributed by atoms with Gasteiger partial charge in [0, 0.05) is 48.7 Å². The lowest BCUT2D eigenvalue weighted by atomic mass is 9.94. The van der Waals surface area contributed by atoms with E-state index in [4.69, 9.17) is 0 Å². The number of aldehydes is 1. The average Bonchev–Trinajstić information content (AvgIpc) is 2.73. The molecular weight excluding hydrogens is 356 g/mol. The molecule has 5 heteroatoms. The van der Waals surface area contributed by atoms with Gasteiger partial charge in [0.15, 0.2) is 0 Å². The minimum Gasteiger partial charge on any atom is -0.371 e. The van der Waals surface area contributed by atoms with Crippen LogP contribution >= 0.6 is 11.8 Å². The molecule has 0 spiro atoms. The fourth-order valence-corrected chi connectivity index (χ4v) is 4.07. The quantitative estimate of drug-likeness (QED) is 0.557. The molecule has 2 aromatic rings. The Hall–Kier alpha value is -2.27. The average molecular weight is 383 g/mol. The monoisotopic (exact) mass is 382 g/mol. The van der Waals surface area contributed by atoms with Crippen LogP contribution < -0.4 is 4.90 Å². The number of nitrogens with zero attached hydrogens (tertiary/aromatic N) is 2. The molecule has 1 fully saturated rings. The van der Waals surface area contributed by atoms with Gasteiger partial charge < -0.3 is 9.80 Å². The highest BCUT2D eigenvalue weighted by molar-refractivity contribution is 7.98. The predicted octanol–water partition coefficient (Wildman–Crippen LogP) is 4.10. The summed E-state index contributed by atoms with van der Waals surface area (Å²) in [6, 6.07) is 16.0. The van der Waals surface area contributed by atoms with Crippen molar-refractivity contribution in [1.29, 1.82) is 0 Å². The van der Waals surface area contributed by atoms with Crippen LogP contribution in [0.4, 0.5) is 5.69 Å². The molecule has 0 aromatic heterocycles. The maximum atomic E-state index is 12.8. The third kappa shape index (κ3) is 4.92. The van der Waals surface area contributed by atoms with Gasteiger partial charge >= 0.3 is 0 Å². The van der Waals surface area contributed by atoms with E-state index in [-0.39, 0.29) is 11.8 Å². The van der Waals surface area contributed by atoms with Gasteiger partial charge in [-0.15, -0.1) is 11.8 Å². The molecule has 0 bridgehead atoms. The van der Waals surface area contributed by atoms with Crippen LogP contribution in [0.2, 0.25) is 0 Å². The van der Waals surface area contributed by atoms with E-state index in [0.29, 0.717) is 12.1 Å². The summed E-state index contributed by atoms with van der Waals surface area (Å²) < 4.78 is 0. The highest BCUT2D eigenvalue weighted by atomic mass is 32.2. The molecule has 2 aromatic carbocycles. The van der Waals surface area contributed by atoms with Gasteiger partial charge in [0.1, 0.15) is 6.29 Å². The van der Waals surface area contributed by atoms with Gasteiger partial charge in [-0.3, -0.25) is 9.59 Å². The summed E-state index contributed by atoms with van der Waals surface area (Å²) in [5.41, 5.74) is 2.98. The SMILES string of the molecule is CSc1cccc(CN(C)C(=O)C2CCN(c3ccc(C=O)cc3)CC2)c1. The maximum Gasteiger partial charge on any atom is 0.225 e. The summed E-state index contributed by atoms with van der Waals surface area (Å²) >= 11 is 1.72. The fourth-order valence-electron chi connectivity index (χ4n) is 3.58. The van der Waals surface area contributed by atoms with Crippen molar-refractivity contribution in [3.05, 3.63) is 59.7 Å². The molecule has 27 heavy (non-hydrogen) atoms. The van der Waals surface area contributed by atoms with Crippen LogP contribution in [0.15, 0.2) is 53.4 Å². The molecule has 1 amide bonds. The summed E-state index contributed by atoms with van der Waals surface area (Å²) in [5, 5.41) is 0. The van der Waals surface area contributed by atoms with Crippen molar-refractivity contribution >= 4 is 29.6 Å². The normalized spacial score (nSPS) is 14.8. The molecule has 0 N–H and O–H groups in total. The highest BCUT2D eigenvalue weighted by Crippen LogP contribution is 2.25. The molecule has 1 aliphatic heterocycles. The smallest absolute Gasteiger partial charge is 0.225 e. The van der Waals surface area contributed by atoms with Crippen LogP contribution in [0.25, 0.3) is 0 Å². The molecule has 4 nitrogen and oxygen atoms in total. The molecule has 0 unspecified atom stereocenters. The fraction of sp³-hybridized carbons (Fsp3) is 0.364. The summed E-state index contributed by atoms with van der Waals surface area (Å²) in [5.74, 6) is 0.324. The summed E-state index contributed by atoms with van der Waals surface area (Å²) in [4.78, 5) is 29.0. The van der Waals surface area contributed by atoms with Gasteiger partial charge in [0.2, 0.25) is 5.91 Å². The number of carbonyl (C=O) groups is 2. The minimum atomic E-state index is 0.0873. The lowest BCUT2D eigenvalue weighted by Crippen LogP contribution is -2.41. The van der Waals surface area contributed by atoms with Crippen LogP contribution in [0, 0.1) is 5.92 Å². The molecule has 142 valence electrons. The topological polar surface area (TPSA) is 40.6 Å². The molecular formula is C22H26N2O2S. The Labute approximate surface area is 165 Å². The van der Waals surface area contributed by atoms with Crippen LogP contribution in [-0.2, 0) is 11.3 Å². The van der Waals surface area contributed by atoms with Gasteiger partial charge in [-0.25, -0.2) is 0 Å². The predicted molar refractivity (Wildman–Crippen MR) is 111 cm³/mol. The third-order valence-electron chi connectivity index (χ3n) is 5.17. The van der Waals surface area contributed by atoms with Crippen molar-refractivity contribution in [3.8, 4) is 0 Å². The van der Waals surface area contributed by atoms with Crippen molar-refractivity contribution in [2.75, 3.05) is 31.3 Å². The first-order chi connectivity index (χ1) is 13.1. The highest BCUT2D eigenvalue weighted by Gasteiger charge is 2.27. The van der Waals surface area contributed by atoms with Gasteiger partial charge in [0.05, 0.1) is 0 Å². The maximum absolute atomic E-state index is 12.8. The zero-order valence-corrected chi connectivity index (χ0v) is 16.7. The Morgan fingerprint density at radius 2 is 1.89 bits per heavy atom. The number of amides is 1. The van der Waals surface area contributed by atoms with Crippen LogP contribution in [0.3, 0.4) is 0 Å². The van der Waals surface area contributed by atoms with Crippen molar-refractivity contribution < 1.29 is 9.59 Å². The van der Waals surface area contributed by atoms with E-state index in [1.165, 1.54) is 10.5 Å². The van der Waals surface area contributed by atoms with Crippen LogP contribution in [-0.4, -0.2) is 43.5 Å². The third-order valence-corrected chi connectivity index (χ3v) is 5.89. The standard InChI is InChI=1S/C22H26N2O2S/c1-23(15-18-4-3-5-21(14-18)27-2)22(26)19-10-12-24(13-11-19)20-8-6-17(16-25)7-9-20/h3-9,14,16,19H,10-13,15H2,1-2H3. The Balaban J connectivity index is 1.54. The zero-order chi connectivity index (χ0) is 19.2. The van der Waals surface area contributed by atoms with E-state index in [2.05, 4.69) is 29.4 Å². The summed E-state index contributed by atoms with van der Waals surface area (Å²) in [6.45, 7) is 2.39. The second-order valence-corrected chi connectivity index (χ2v) is 7.90. The number of benzene rings is 2. The molecule has 0 aliphatic carbocycles. The largest absolute Gasteiger partial charge is 0.371 e. The van der Waals surface area contributed by atoms with Crippen molar-refractivity contribution in [2.24, 2.45) is 5.92 Å². The molecule has 1 saturated heterocycles. The Morgan fingerprint density at radius 3 is 2.52 bits per heavy atom. The van der Waals surface area contributed by atoms with Gasteiger partial charge in [-0.1, -0.05) is 12.1 Å². The molecule has 3 rings (SSSR count). The number of piperidine rings is 1. The Morgan fingerprint density at radius 1 is 1.19 bits per heavy atom. The number of anilines is 1. The number of thioether (sulfide) groups is 1. The van der Waals surface area contributed by atoms with E-state index in [1.807, 2.05) is 42.3 Å². The van der Waals surface area contributed by atoms with E-state index >= 15 is 0 Å². The number of hydrogen-bond acceptors (Lipinski definition) is 4. The lowest BCUT2D eigenvalue weighted by Gasteiger charge is -2.34. The van der Waals surface area contributed by atoms with Crippen LogP contribution in [0.1, 0.15) is 28.8 Å². The molecule has 1 aliphatic rings. The van der Waals surface area contributed by atoms with Gasteiger partial charge in [-0.05, 0) is 61.1 Å². The lowest BCUT2D eigenvalue weighted by molar-refractivity contribution is -0.135. The van der Waals surface area contributed by atoms with E-state index in [9.17, 15) is 9.59 Å². The zero-order valence-electron chi connectivity index (χ0n) is 15.9. The second kappa shape index (κ2) is 9.09. The Bertz CT molecular complexity index is 783. The van der Waals surface area contributed by atoms with Crippen molar-refractivity contribution in [3.63, 3.8) is 0 Å². The molecule has 0 radical (unpaired) electrons. The number of rotatable bonds is 6. The molecule has 0 atom stereocenters. The van der Waals surface area contributed by atoms with E-state index in [0.717, 1.165) is 37.9 Å². The second-order valence-electron chi connectivity index (χ2n) is 7.02. The number of hydrogen-bond donors (Lipinski definition) is 0. The first-order valence-electron chi connectivity index (χ1n) is 9.29. The van der Waals surface area contributed by atoms with E-state index in [1.54, 1.807) is 11.8 Å². The minimum absolute atomic E-state index is 0.0873.